The lowest BCUT2D eigenvalue weighted by Crippen LogP contribution is -2.21. The first-order valence-electron chi connectivity index (χ1n) is 12.3. The van der Waals surface area contributed by atoms with E-state index >= 15 is 0 Å². The van der Waals surface area contributed by atoms with E-state index in [1.54, 1.807) is 42.5 Å². The van der Waals surface area contributed by atoms with E-state index in [9.17, 15) is 18.0 Å². The number of aryl methyl sites for hydroxylation is 1. The lowest BCUT2D eigenvalue weighted by molar-refractivity contribution is -0.185. The maximum Gasteiger partial charge on any atom is 0.426 e. The van der Waals surface area contributed by atoms with Crippen molar-refractivity contribution >= 4 is 23.4 Å². The molecule has 3 aromatic carbocycles. The Kier molecular flexibility index (Phi) is 10.2. The highest BCUT2D eigenvalue weighted by atomic mass is 19.3. The van der Waals surface area contributed by atoms with Gasteiger partial charge in [-0.1, -0.05) is 36.8 Å². The summed E-state index contributed by atoms with van der Waals surface area (Å²) in [5, 5.41) is 0. The van der Waals surface area contributed by atoms with Crippen LogP contribution < -0.4 is 16.2 Å². The highest BCUT2D eigenvalue weighted by molar-refractivity contribution is 5.87. The van der Waals surface area contributed by atoms with Gasteiger partial charge >= 0.3 is 12.1 Å². The number of hydrogen-bond acceptors (Lipinski definition) is 5. The third-order valence-corrected chi connectivity index (χ3v) is 5.90. The van der Waals surface area contributed by atoms with Gasteiger partial charge in [-0.2, -0.15) is 8.78 Å². The molecule has 0 aliphatic carbocycles. The number of rotatable bonds is 13. The Morgan fingerprint density at radius 1 is 0.974 bits per heavy atom. The van der Waals surface area contributed by atoms with Crippen molar-refractivity contribution in [3.8, 4) is 5.75 Å². The minimum atomic E-state index is -3.52. The van der Waals surface area contributed by atoms with Gasteiger partial charge in [-0.15, -0.1) is 0 Å². The number of carbonyl (C=O) groups is 1. The van der Waals surface area contributed by atoms with Crippen LogP contribution in [0.2, 0.25) is 0 Å². The second-order valence-electron chi connectivity index (χ2n) is 8.93. The Labute approximate surface area is 221 Å². The molecule has 0 fully saturated rings. The largest absolute Gasteiger partial charge is 0.462 e. The summed E-state index contributed by atoms with van der Waals surface area (Å²) in [5.41, 5.74) is 14.6. The van der Waals surface area contributed by atoms with Crippen molar-refractivity contribution in [3.05, 3.63) is 102 Å². The normalized spacial score (nSPS) is 12.4. The topological polar surface area (TPSA) is 87.6 Å². The van der Waals surface area contributed by atoms with E-state index in [1.165, 1.54) is 36.4 Å². The second kappa shape index (κ2) is 13.6. The molecule has 0 saturated heterocycles. The summed E-state index contributed by atoms with van der Waals surface area (Å²) in [6, 6.07) is 16.9. The van der Waals surface area contributed by atoms with Gasteiger partial charge in [0.2, 0.25) is 0 Å². The molecule has 4 N–H and O–H groups in total. The molecule has 1 unspecified atom stereocenters. The number of halogens is 3. The van der Waals surface area contributed by atoms with Crippen molar-refractivity contribution in [3.63, 3.8) is 0 Å². The minimum absolute atomic E-state index is 0.0222. The van der Waals surface area contributed by atoms with Gasteiger partial charge in [0.15, 0.2) is 0 Å². The predicted octanol–water partition coefficient (Wildman–Crippen LogP) is 6.84. The molecule has 3 rings (SSSR count). The van der Waals surface area contributed by atoms with Gasteiger partial charge in [-0.05, 0) is 85.4 Å². The number of anilines is 2. The molecule has 1 radical (unpaired) electrons. The highest BCUT2D eigenvalue weighted by Gasteiger charge is 2.34. The Hall–Kier alpha value is -3.94. The smallest absolute Gasteiger partial charge is 0.426 e. The Bertz CT molecular complexity index is 1210. The van der Waals surface area contributed by atoms with Crippen LogP contribution in [0.25, 0.3) is 6.08 Å². The average Bonchev–Trinajstić information content (AvgIpc) is 2.89. The molecule has 38 heavy (non-hydrogen) atoms. The van der Waals surface area contributed by atoms with Crippen LogP contribution in [-0.4, -0.2) is 19.3 Å². The lowest BCUT2D eigenvalue weighted by atomic mass is 10.00. The van der Waals surface area contributed by atoms with Crippen LogP contribution >= 0.6 is 0 Å². The molecular formula is C30H32F3N2O3. The summed E-state index contributed by atoms with van der Waals surface area (Å²) in [6.45, 7) is 3.65. The third kappa shape index (κ3) is 8.57. The molecule has 8 heteroatoms. The first-order valence-corrected chi connectivity index (χ1v) is 12.3. The summed E-state index contributed by atoms with van der Waals surface area (Å²) in [6.07, 6.45) is 2.02. The molecule has 0 aromatic heterocycles. The van der Waals surface area contributed by atoms with Gasteiger partial charge in [0.1, 0.15) is 5.75 Å². The second-order valence-corrected chi connectivity index (χ2v) is 8.93. The summed E-state index contributed by atoms with van der Waals surface area (Å²) in [5.74, 6) is -0.967. The van der Waals surface area contributed by atoms with E-state index in [1.807, 2.05) is 0 Å². The zero-order valence-electron chi connectivity index (χ0n) is 21.0. The summed E-state index contributed by atoms with van der Waals surface area (Å²) in [7, 11) is 0. The van der Waals surface area contributed by atoms with Gasteiger partial charge in [0.25, 0.3) is 0 Å². The lowest BCUT2D eigenvalue weighted by Gasteiger charge is -2.18. The Morgan fingerprint density at radius 2 is 1.68 bits per heavy atom. The number of alkyl halides is 3. The number of ether oxygens (including phenoxy) is 2. The van der Waals surface area contributed by atoms with Crippen LogP contribution in [0.15, 0.2) is 72.8 Å². The standard InChI is InChI=1S/C30H32F3N2O3/c1-21(27-16-13-25(34)19-28(27)35)20-37-29(36)17-10-23-8-14-26(15-9-23)38-30(32,33)24-11-6-22(7-12-24)5-3-2-4-18-31/h6-17,19,21H,1-5,18,20,34-35H2/b17-10+. The molecule has 0 spiro atoms. The predicted molar refractivity (Wildman–Crippen MR) is 144 cm³/mol. The van der Waals surface area contributed by atoms with E-state index in [-0.39, 0.29) is 30.5 Å². The molecule has 5 nitrogen and oxygen atoms in total. The van der Waals surface area contributed by atoms with Crippen LogP contribution in [0.3, 0.4) is 0 Å². The first kappa shape index (κ1) is 28.6. The van der Waals surface area contributed by atoms with E-state index in [2.05, 4.69) is 6.92 Å². The molecular weight excluding hydrogens is 493 g/mol. The van der Waals surface area contributed by atoms with Crippen LogP contribution in [0.4, 0.5) is 24.5 Å². The van der Waals surface area contributed by atoms with Gasteiger partial charge in [-0.25, -0.2) is 4.79 Å². The van der Waals surface area contributed by atoms with Crippen LogP contribution in [-0.2, 0) is 22.1 Å². The van der Waals surface area contributed by atoms with E-state index in [0.29, 0.717) is 29.8 Å². The monoisotopic (exact) mass is 525 g/mol. The Balaban J connectivity index is 1.50. The van der Waals surface area contributed by atoms with Gasteiger partial charge in [0, 0.05) is 23.4 Å². The van der Waals surface area contributed by atoms with Crippen molar-refractivity contribution in [2.45, 2.75) is 37.7 Å². The number of nitrogen functional groups attached to an aromatic ring is 2. The molecule has 0 heterocycles. The molecule has 0 aliphatic rings. The fourth-order valence-electron chi connectivity index (χ4n) is 3.77. The summed E-state index contributed by atoms with van der Waals surface area (Å²) in [4.78, 5) is 12.1. The van der Waals surface area contributed by atoms with Crippen LogP contribution in [0.5, 0.6) is 5.75 Å². The van der Waals surface area contributed by atoms with Gasteiger partial charge in [-0.3, -0.25) is 4.39 Å². The highest BCUT2D eigenvalue weighted by Crippen LogP contribution is 2.32. The van der Waals surface area contributed by atoms with Crippen molar-refractivity contribution < 1.29 is 27.4 Å². The van der Waals surface area contributed by atoms with Gasteiger partial charge < -0.3 is 20.9 Å². The van der Waals surface area contributed by atoms with E-state index in [0.717, 1.165) is 24.0 Å². The molecule has 3 aromatic rings. The maximum atomic E-state index is 14.6. The fraction of sp³-hybridized carbons (Fsp3) is 0.267. The zero-order valence-corrected chi connectivity index (χ0v) is 21.0. The fourth-order valence-corrected chi connectivity index (χ4v) is 3.77. The van der Waals surface area contributed by atoms with Crippen LogP contribution in [0, 0.1) is 6.92 Å². The molecule has 201 valence electrons. The number of benzene rings is 3. The van der Waals surface area contributed by atoms with Crippen LogP contribution in [0.1, 0.15) is 47.4 Å². The third-order valence-electron chi connectivity index (χ3n) is 5.90. The minimum Gasteiger partial charge on any atom is -0.462 e. The number of carbonyl (C=O) groups excluding carboxylic acids is 1. The van der Waals surface area contributed by atoms with Crippen molar-refractivity contribution in [2.24, 2.45) is 0 Å². The van der Waals surface area contributed by atoms with E-state index < -0.39 is 12.1 Å². The molecule has 0 aliphatic heterocycles. The average molecular weight is 526 g/mol. The number of unbranched alkanes of at least 4 members (excludes halogenated alkanes) is 2. The van der Waals surface area contributed by atoms with Crippen molar-refractivity contribution in [1.82, 2.24) is 0 Å². The molecule has 0 amide bonds. The molecule has 1 atom stereocenters. The maximum absolute atomic E-state index is 14.6. The van der Waals surface area contributed by atoms with Gasteiger partial charge in [0.05, 0.1) is 18.8 Å². The number of esters is 1. The van der Waals surface area contributed by atoms with E-state index in [4.69, 9.17) is 20.9 Å². The van der Waals surface area contributed by atoms with Crippen molar-refractivity contribution in [1.29, 1.82) is 0 Å². The number of nitrogens with two attached hydrogens (primary N) is 2. The first-order chi connectivity index (χ1) is 18.2. The number of hydrogen-bond donors (Lipinski definition) is 2. The molecule has 0 bridgehead atoms. The summed E-state index contributed by atoms with van der Waals surface area (Å²) < 4.78 is 51.6. The SMILES string of the molecule is [CH2]C(COC(=O)/C=C/c1ccc(OC(F)(F)c2ccc(CCCCCF)cc2)cc1)c1ccc(N)cc1N. The zero-order chi connectivity index (χ0) is 27.5. The van der Waals surface area contributed by atoms with Crippen molar-refractivity contribution in [2.75, 3.05) is 24.7 Å². The quantitative estimate of drug-likeness (QED) is 0.110. The summed E-state index contributed by atoms with van der Waals surface area (Å²) >= 11 is 0. The molecule has 0 saturated carbocycles. The Morgan fingerprint density at radius 3 is 2.34 bits per heavy atom.